The largest absolute Gasteiger partial charge is 0.497 e. The van der Waals surface area contributed by atoms with Gasteiger partial charge in [-0.2, -0.15) is 0 Å². The van der Waals surface area contributed by atoms with E-state index in [1.54, 1.807) is 30.8 Å². The van der Waals surface area contributed by atoms with Gasteiger partial charge in [0, 0.05) is 19.3 Å². The van der Waals surface area contributed by atoms with Gasteiger partial charge in [0.1, 0.15) is 11.8 Å². The molecule has 0 aliphatic heterocycles. The lowest BCUT2D eigenvalue weighted by atomic mass is 10.1. The zero-order chi connectivity index (χ0) is 21.2. The number of nitrogens with one attached hydrogen (secondary N) is 1. The number of benzene rings is 2. The SMILES string of the molecule is CC[C@@H](C(=O)NC)N(Cc1cccc(OC)c1)C(=O)CSCc1ccc(C)cc1. The summed E-state index contributed by atoms with van der Waals surface area (Å²) >= 11 is 1.57. The Morgan fingerprint density at radius 1 is 1.14 bits per heavy atom. The molecule has 0 fully saturated rings. The van der Waals surface area contributed by atoms with E-state index in [1.807, 2.05) is 31.2 Å². The van der Waals surface area contributed by atoms with Crippen LogP contribution in [0.3, 0.4) is 0 Å². The van der Waals surface area contributed by atoms with E-state index < -0.39 is 6.04 Å². The molecule has 0 bridgehead atoms. The van der Waals surface area contributed by atoms with E-state index in [0.717, 1.165) is 17.1 Å². The summed E-state index contributed by atoms with van der Waals surface area (Å²) in [6, 6.07) is 15.4. The van der Waals surface area contributed by atoms with E-state index in [1.165, 1.54) is 11.1 Å². The Labute approximate surface area is 177 Å². The highest BCUT2D eigenvalue weighted by molar-refractivity contribution is 7.99. The summed E-state index contributed by atoms with van der Waals surface area (Å²) in [7, 11) is 3.22. The topological polar surface area (TPSA) is 58.6 Å². The van der Waals surface area contributed by atoms with Crippen LogP contribution in [0.25, 0.3) is 0 Å². The van der Waals surface area contributed by atoms with Crippen molar-refractivity contribution >= 4 is 23.6 Å². The zero-order valence-corrected chi connectivity index (χ0v) is 18.4. The number of amides is 2. The number of likely N-dealkylation sites (N-methyl/N-ethyl adjacent to an activating group) is 1. The minimum atomic E-state index is -0.501. The smallest absolute Gasteiger partial charge is 0.242 e. The fraction of sp³-hybridized carbons (Fsp3) is 0.391. The Hall–Kier alpha value is -2.47. The van der Waals surface area contributed by atoms with Gasteiger partial charge < -0.3 is 15.0 Å². The lowest BCUT2D eigenvalue weighted by Crippen LogP contribution is -2.48. The third-order valence-corrected chi connectivity index (χ3v) is 5.72. The number of ether oxygens (including phenoxy) is 1. The van der Waals surface area contributed by atoms with Crippen molar-refractivity contribution in [3.63, 3.8) is 0 Å². The lowest BCUT2D eigenvalue weighted by molar-refractivity contribution is -0.139. The highest BCUT2D eigenvalue weighted by Gasteiger charge is 2.27. The van der Waals surface area contributed by atoms with Gasteiger partial charge in [0.25, 0.3) is 0 Å². The van der Waals surface area contributed by atoms with Crippen LogP contribution in [-0.2, 0) is 21.9 Å². The van der Waals surface area contributed by atoms with Crippen molar-refractivity contribution in [2.45, 2.75) is 38.6 Å². The molecule has 2 rings (SSSR count). The first kappa shape index (κ1) is 22.8. The molecule has 1 N–H and O–H groups in total. The quantitative estimate of drug-likeness (QED) is 0.643. The molecule has 0 aliphatic carbocycles. The Bertz CT molecular complexity index is 808. The van der Waals surface area contributed by atoms with Crippen LogP contribution in [0.15, 0.2) is 48.5 Å². The number of thioether (sulfide) groups is 1. The van der Waals surface area contributed by atoms with Crippen molar-refractivity contribution in [2.75, 3.05) is 19.9 Å². The van der Waals surface area contributed by atoms with E-state index in [0.29, 0.717) is 18.7 Å². The molecule has 0 saturated heterocycles. The minimum Gasteiger partial charge on any atom is -0.497 e. The van der Waals surface area contributed by atoms with Crippen LogP contribution in [0.1, 0.15) is 30.0 Å². The monoisotopic (exact) mass is 414 g/mol. The summed E-state index contributed by atoms with van der Waals surface area (Å²) in [6.45, 7) is 4.35. The molecule has 29 heavy (non-hydrogen) atoms. The molecular weight excluding hydrogens is 384 g/mol. The average molecular weight is 415 g/mol. The van der Waals surface area contributed by atoms with Crippen LogP contribution >= 0.6 is 11.8 Å². The molecule has 0 heterocycles. The predicted molar refractivity (Wildman–Crippen MR) is 119 cm³/mol. The second kappa shape index (κ2) is 11.5. The van der Waals surface area contributed by atoms with Crippen molar-refractivity contribution in [2.24, 2.45) is 0 Å². The molecule has 1 atom stereocenters. The van der Waals surface area contributed by atoms with Gasteiger partial charge >= 0.3 is 0 Å². The van der Waals surface area contributed by atoms with Gasteiger partial charge in [-0.25, -0.2) is 0 Å². The standard InChI is InChI=1S/C23H30N2O3S/c1-5-21(23(27)24-3)25(14-19-7-6-8-20(13-19)28-4)22(26)16-29-15-18-11-9-17(2)10-12-18/h6-13,21H,5,14-16H2,1-4H3,(H,24,27)/t21-/m0/s1. The summed E-state index contributed by atoms with van der Waals surface area (Å²) in [4.78, 5) is 27.1. The molecule has 2 aromatic carbocycles. The van der Waals surface area contributed by atoms with Crippen LogP contribution in [0, 0.1) is 6.92 Å². The third kappa shape index (κ3) is 6.82. The molecule has 0 saturated carbocycles. The molecule has 2 aromatic rings. The zero-order valence-electron chi connectivity index (χ0n) is 17.6. The number of carbonyl (C=O) groups is 2. The van der Waals surface area contributed by atoms with Crippen LogP contribution < -0.4 is 10.1 Å². The summed E-state index contributed by atoms with van der Waals surface area (Å²) in [5, 5.41) is 2.68. The fourth-order valence-corrected chi connectivity index (χ4v) is 3.95. The molecule has 2 amide bonds. The Morgan fingerprint density at radius 2 is 1.86 bits per heavy atom. The average Bonchev–Trinajstić information content (AvgIpc) is 2.74. The number of aryl methyl sites for hydroxylation is 1. The summed E-state index contributed by atoms with van der Waals surface area (Å²) in [5.41, 5.74) is 3.34. The van der Waals surface area contributed by atoms with E-state index in [-0.39, 0.29) is 11.8 Å². The summed E-state index contributed by atoms with van der Waals surface area (Å²) in [6.07, 6.45) is 0.554. The minimum absolute atomic E-state index is 0.0413. The van der Waals surface area contributed by atoms with Crippen LogP contribution in [0.4, 0.5) is 0 Å². The molecular formula is C23H30N2O3S. The molecule has 156 valence electrons. The van der Waals surface area contributed by atoms with E-state index in [9.17, 15) is 9.59 Å². The Kier molecular flexibility index (Phi) is 9.06. The normalized spacial score (nSPS) is 11.6. The first-order chi connectivity index (χ1) is 14.0. The molecule has 0 spiro atoms. The van der Waals surface area contributed by atoms with Crippen molar-refractivity contribution in [3.05, 3.63) is 65.2 Å². The molecule has 0 unspecified atom stereocenters. The van der Waals surface area contributed by atoms with E-state index in [2.05, 4.69) is 36.5 Å². The maximum absolute atomic E-state index is 13.1. The van der Waals surface area contributed by atoms with Gasteiger partial charge in [0.05, 0.1) is 12.9 Å². The lowest BCUT2D eigenvalue weighted by Gasteiger charge is -2.30. The third-order valence-electron chi connectivity index (χ3n) is 4.73. The number of hydrogen-bond acceptors (Lipinski definition) is 4. The van der Waals surface area contributed by atoms with Gasteiger partial charge in [-0.05, 0) is 36.6 Å². The second-order valence-electron chi connectivity index (χ2n) is 6.89. The Balaban J connectivity index is 2.10. The van der Waals surface area contributed by atoms with Crippen molar-refractivity contribution in [1.82, 2.24) is 10.2 Å². The van der Waals surface area contributed by atoms with Crippen LogP contribution in [0.5, 0.6) is 5.75 Å². The van der Waals surface area contributed by atoms with Gasteiger partial charge in [0.15, 0.2) is 0 Å². The molecule has 0 aliphatic rings. The summed E-state index contributed by atoms with van der Waals surface area (Å²) in [5.74, 6) is 1.63. The van der Waals surface area contributed by atoms with Crippen molar-refractivity contribution < 1.29 is 14.3 Å². The summed E-state index contributed by atoms with van der Waals surface area (Å²) < 4.78 is 5.29. The first-order valence-corrected chi connectivity index (χ1v) is 10.9. The molecule has 0 aromatic heterocycles. The predicted octanol–water partition coefficient (Wildman–Crippen LogP) is 3.79. The number of rotatable bonds is 10. The maximum Gasteiger partial charge on any atom is 0.242 e. The van der Waals surface area contributed by atoms with Gasteiger partial charge in [-0.1, -0.05) is 48.9 Å². The Morgan fingerprint density at radius 3 is 2.48 bits per heavy atom. The van der Waals surface area contributed by atoms with Gasteiger partial charge in [0.2, 0.25) is 11.8 Å². The first-order valence-electron chi connectivity index (χ1n) is 9.75. The highest BCUT2D eigenvalue weighted by atomic mass is 32.2. The maximum atomic E-state index is 13.1. The van der Waals surface area contributed by atoms with E-state index >= 15 is 0 Å². The highest BCUT2D eigenvalue weighted by Crippen LogP contribution is 2.19. The molecule has 0 radical (unpaired) electrons. The van der Waals surface area contributed by atoms with Gasteiger partial charge in [-0.3, -0.25) is 9.59 Å². The number of hydrogen-bond donors (Lipinski definition) is 1. The molecule has 6 heteroatoms. The van der Waals surface area contributed by atoms with Crippen LogP contribution in [-0.4, -0.2) is 42.7 Å². The van der Waals surface area contributed by atoms with Crippen LogP contribution in [0.2, 0.25) is 0 Å². The van der Waals surface area contributed by atoms with E-state index in [4.69, 9.17) is 4.74 Å². The number of methoxy groups -OCH3 is 1. The number of carbonyl (C=O) groups excluding carboxylic acids is 2. The molecule has 5 nitrogen and oxygen atoms in total. The number of nitrogens with zero attached hydrogens (tertiary/aromatic N) is 1. The fourth-order valence-electron chi connectivity index (χ4n) is 3.08. The van der Waals surface area contributed by atoms with Gasteiger partial charge in [-0.15, -0.1) is 11.8 Å². The van der Waals surface area contributed by atoms with Crippen molar-refractivity contribution in [1.29, 1.82) is 0 Å². The van der Waals surface area contributed by atoms with Crippen molar-refractivity contribution in [3.8, 4) is 5.75 Å². The second-order valence-corrected chi connectivity index (χ2v) is 7.88.